The summed E-state index contributed by atoms with van der Waals surface area (Å²) in [6, 6.07) is 15.3. The number of nitrogens with two attached hydrogens (primary N) is 1. The second-order valence-electron chi connectivity index (χ2n) is 5.62. The lowest BCUT2D eigenvalue weighted by Gasteiger charge is -2.03. The molecule has 4 heteroatoms. The molecule has 0 fully saturated rings. The maximum atomic E-state index is 11.6. The number of fused-ring (bicyclic) bond motifs is 1. The average Bonchev–Trinajstić information content (AvgIpc) is 2.60. The summed E-state index contributed by atoms with van der Waals surface area (Å²) < 4.78 is 0. The van der Waals surface area contributed by atoms with Crippen LogP contribution >= 0.6 is 0 Å². The third-order valence-electron chi connectivity index (χ3n) is 3.76. The molecular weight excluding hydrogens is 298 g/mol. The minimum absolute atomic E-state index is 0.335. The summed E-state index contributed by atoms with van der Waals surface area (Å²) in [6.45, 7) is 4.00. The molecule has 0 saturated heterocycles. The van der Waals surface area contributed by atoms with Crippen molar-refractivity contribution in [1.29, 1.82) is 0 Å². The molecule has 1 amide bonds. The van der Waals surface area contributed by atoms with E-state index < -0.39 is 0 Å². The number of amides is 1. The van der Waals surface area contributed by atoms with Crippen LogP contribution in [0, 0.1) is 25.7 Å². The summed E-state index contributed by atoms with van der Waals surface area (Å²) >= 11 is 0. The molecule has 0 aliphatic heterocycles. The Morgan fingerprint density at radius 2 is 1.92 bits per heavy atom. The van der Waals surface area contributed by atoms with Gasteiger partial charge in [-0.15, -0.1) is 0 Å². The summed E-state index contributed by atoms with van der Waals surface area (Å²) in [5.74, 6) is 11.1. The first-order valence-corrected chi connectivity index (χ1v) is 7.58. The first-order valence-electron chi connectivity index (χ1n) is 7.58. The van der Waals surface area contributed by atoms with Crippen LogP contribution in [0.1, 0.15) is 32.7 Å². The molecule has 0 bridgehead atoms. The third-order valence-corrected chi connectivity index (χ3v) is 3.76. The van der Waals surface area contributed by atoms with E-state index >= 15 is 0 Å². The maximum Gasteiger partial charge on any atom is 0.265 e. The highest BCUT2D eigenvalue weighted by Gasteiger charge is 2.04. The Hall–Kier alpha value is -3.16. The number of nitrogen functional groups attached to an aromatic ring is 1. The molecule has 0 saturated carbocycles. The van der Waals surface area contributed by atoms with Gasteiger partial charge in [0.2, 0.25) is 0 Å². The van der Waals surface area contributed by atoms with Gasteiger partial charge in [-0.05, 0) is 50.2 Å². The van der Waals surface area contributed by atoms with Crippen molar-refractivity contribution in [2.75, 3.05) is 0 Å². The Morgan fingerprint density at radius 3 is 2.71 bits per heavy atom. The molecule has 1 aromatic heterocycles. The predicted octanol–water partition coefficient (Wildman–Crippen LogP) is 2.85. The zero-order chi connectivity index (χ0) is 17.1. The fourth-order valence-corrected chi connectivity index (χ4v) is 2.48. The van der Waals surface area contributed by atoms with E-state index in [-0.39, 0.29) is 5.91 Å². The lowest BCUT2D eigenvalue weighted by atomic mass is 10.1. The fraction of sp³-hybridized carbons (Fsp3) is 0.100. The molecule has 24 heavy (non-hydrogen) atoms. The Bertz CT molecular complexity index is 997. The standard InChI is InChI=1S/C20H17N3O/c1-13-6-9-19-18(10-13)12-16(14(2)22-19)8-7-15-4-3-5-17(11-15)20(24)23-21/h3-6,9-12H,21H2,1-2H3,(H,23,24). The van der Waals surface area contributed by atoms with Gasteiger partial charge < -0.3 is 0 Å². The molecule has 1 heterocycles. The summed E-state index contributed by atoms with van der Waals surface area (Å²) in [5.41, 5.74) is 7.26. The molecule has 3 aromatic rings. The van der Waals surface area contributed by atoms with Crippen LogP contribution in [0.4, 0.5) is 0 Å². The van der Waals surface area contributed by atoms with E-state index in [1.807, 2.05) is 31.2 Å². The first kappa shape index (κ1) is 15.7. The monoisotopic (exact) mass is 315 g/mol. The smallest absolute Gasteiger partial charge is 0.265 e. The van der Waals surface area contributed by atoms with Crippen LogP contribution in [-0.2, 0) is 0 Å². The van der Waals surface area contributed by atoms with Crippen molar-refractivity contribution >= 4 is 16.8 Å². The van der Waals surface area contributed by atoms with Crippen molar-refractivity contribution in [3.05, 3.63) is 76.5 Å². The molecular formula is C20H17N3O. The number of hydrazine groups is 1. The largest absolute Gasteiger partial charge is 0.290 e. The average molecular weight is 315 g/mol. The van der Waals surface area contributed by atoms with E-state index in [0.29, 0.717) is 5.56 Å². The Labute approximate surface area is 140 Å². The highest BCUT2D eigenvalue weighted by molar-refractivity contribution is 5.94. The van der Waals surface area contributed by atoms with E-state index in [2.05, 4.69) is 35.2 Å². The quantitative estimate of drug-likeness (QED) is 0.314. The topological polar surface area (TPSA) is 68.0 Å². The molecule has 2 aromatic carbocycles. The molecule has 3 rings (SSSR count). The van der Waals surface area contributed by atoms with Gasteiger partial charge in [-0.2, -0.15) is 0 Å². The van der Waals surface area contributed by atoms with Crippen LogP contribution in [0.25, 0.3) is 10.9 Å². The first-order chi connectivity index (χ1) is 11.6. The van der Waals surface area contributed by atoms with Gasteiger partial charge in [-0.3, -0.25) is 15.2 Å². The van der Waals surface area contributed by atoms with Gasteiger partial charge in [-0.25, -0.2) is 5.84 Å². The Balaban J connectivity index is 2.00. The number of pyridine rings is 1. The molecule has 0 atom stereocenters. The summed E-state index contributed by atoms with van der Waals surface area (Å²) in [7, 11) is 0. The number of aromatic nitrogens is 1. The third kappa shape index (κ3) is 3.27. The van der Waals surface area contributed by atoms with Crippen LogP contribution in [0.3, 0.4) is 0 Å². The van der Waals surface area contributed by atoms with Crippen molar-refractivity contribution in [3.63, 3.8) is 0 Å². The van der Waals surface area contributed by atoms with E-state index in [9.17, 15) is 4.79 Å². The van der Waals surface area contributed by atoms with Gasteiger partial charge in [0, 0.05) is 22.1 Å². The predicted molar refractivity (Wildman–Crippen MR) is 95.3 cm³/mol. The van der Waals surface area contributed by atoms with Crippen LogP contribution in [-0.4, -0.2) is 10.9 Å². The van der Waals surface area contributed by atoms with Gasteiger partial charge >= 0.3 is 0 Å². The molecule has 0 spiro atoms. The van der Waals surface area contributed by atoms with Crippen molar-refractivity contribution in [2.24, 2.45) is 5.84 Å². The minimum Gasteiger partial charge on any atom is -0.290 e. The molecule has 118 valence electrons. The molecule has 0 aliphatic carbocycles. The summed E-state index contributed by atoms with van der Waals surface area (Å²) in [4.78, 5) is 16.2. The number of carbonyl (C=O) groups is 1. The highest BCUT2D eigenvalue weighted by atomic mass is 16.2. The van der Waals surface area contributed by atoms with Crippen molar-refractivity contribution in [2.45, 2.75) is 13.8 Å². The lowest BCUT2D eigenvalue weighted by molar-refractivity contribution is 0.0953. The van der Waals surface area contributed by atoms with Gasteiger partial charge in [0.15, 0.2) is 0 Å². The number of rotatable bonds is 1. The lowest BCUT2D eigenvalue weighted by Crippen LogP contribution is -2.29. The van der Waals surface area contributed by atoms with Gasteiger partial charge in [-0.1, -0.05) is 29.5 Å². The molecule has 0 unspecified atom stereocenters. The summed E-state index contributed by atoms with van der Waals surface area (Å²) in [5, 5.41) is 1.07. The number of nitrogens with zero attached hydrogens (tertiary/aromatic N) is 1. The van der Waals surface area contributed by atoms with Crippen molar-refractivity contribution in [1.82, 2.24) is 10.4 Å². The van der Waals surface area contributed by atoms with E-state index in [4.69, 9.17) is 5.84 Å². The SMILES string of the molecule is Cc1ccc2nc(C)c(C#Cc3cccc(C(=O)NN)c3)cc2c1. The maximum absolute atomic E-state index is 11.6. The minimum atomic E-state index is -0.335. The number of nitrogens with one attached hydrogen (secondary N) is 1. The number of benzene rings is 2. The van der Waals surface area contributed by atoms with Gasteiger partial charge in [0.05, 0.1) is 11.2 Å². The molecule has 0 aliphatic rings. The highest BCUT2D eigenvalue weighted by Crippen LogP contribution is 2.17. The number of carbonyl (C=O) groups excluding carboxylic acids is 1. The molecule has 0 radical (unpaired) electrons. The Kier molecular flexibility index (Phi) is 4.28. The zero-order valence-corrected chi connectivity index (χ0v) is 13.6. The normalized spacial score (nSPS) is 10.1. The Morgan fingerprint density at radius 1 is 1.08 bits per heavy atom. The zero-order valence-electron chi connectivity index (χ0n) is 13.6. The van der Waals surface area contributed by atoms with Crippen molar-refractivity contribution < 1.29 is 4.79 Å². The molecule has 3 N–H and O–H groups in total. The number of hydrogen-bond donors (Lipinski definition) is 2. The van der Waals surface area contributed by atoms with Gasteiger partial charge in [0.1, 0.15) is 0 Å². The second-order valence-corrected chi connectivity index (χ2v) is 5.62. The summed E-state index contributed by atoms with van der Waals surface area (Å²) in [6.07, 6.45) is 0. The number of aryl methyl sites for hydroxylation is 2. The van der Waals surface area contributed by atoms with Crippen LogP contribution in [0.2, 0.25) is 0 Å². The molecule has 4 nitrogen and oxygen atoms in total. The second kappa shape index (κ2) is 6.53. The van der Waals surface area contributed by atoms with Crippen LogP contribution in [0.5, 0.6) is 0 Å². The van der Waals surface area contributed by atoms with E-state index in [0.717, 1.165) is 27.7 Å². The van der Waals surface area contributed by atoms with Crippen molar-refractivity contribution in [3.8, 4) is 11.8 Å². The van der Waals surface area contributed by atoms with Crippen LogP contribution < -0.4 is 11.3 Å². The number of hydrogen-bond acceptors (Lipinski definition) is 3. The van der Waals surface area contributed by atoms with Gasteiger partial charge in [0.25, 0.3) is 5.91 Å². The van der Waals surface area contributed by atoms with Crippen LogP contribution in [0.15, 0.2) is 48.5 Å². The fourth-order valence-electron chi connectivity index (χ4n) is 2.48. The van der Waals surface area contributed by atoms with E-state index in [1.165, 1.54) is 5.56 Å². The van der Waals surface area contributed by atoms with E-state index in [1.54, 1.807) is 18.2 Å².